The van der Waals surface area contributed by atoms with E-state index in [1.165, 1.54) is 6.07 Å². The Balaban J connectivity index is 0.00000342. The fourth-order valence-corrected chi connectivity index (χ4v) is 4.69. The molecule has 35 heavy (non-hydrogen) atoms. The van der Waals surface area contributed by atoms with Gasteiger partial charge in [-0.25, -0.2) is 14.6 Å². The maximum Gasteiger partial charge on any atom is 0.243 e. The van der Waals surface area contributed by atoms with Crippen LogP contribution in [0.3, 0.4) is 0 Å². The molecule has 1 aromatic heterocycles. The van der Waals surface area contributed by atoms with E-state index in [4.69, 9.17) is 17.8 Å². The topological polar surface area (TPSA) is 100 Å². The minimum atomic E-state index is -0.598. The molecule has 0 radical (unpaired) electrons. The molecule has 0 spiro atoms. The van der Waals surface area contributed by atoms with E-state index in [0.29, 0.717) is 38.0 Å². The number of hydroxylamine groups is 1. The number of unbranched alkanes of at least 4 members (excludes halogenated alkanes) is 1. The standard InChI is InChI=1S/C24H30FN5O3S.ClH/c25-20-6-2-1-5-19(20)23(24(32)16-8-9-16)29-12-10-21(34)17(15-29)13-18-14-26-28-30(18)11-4-3-7-22(31)27-33;/h1-2,5-6,13-14,16,21,23,33-34H,3-4,7-12,15H2,(H,27,31);1H/b17-13-;. The lowest BCUT2D eigenvalue weighted by atomic mass is 9.93. The van der Waals surface area contributed by atoms with Gasteiger partial charge in [0, 0.05) is 42.8 Å². The van der Waals surface area contributed by atoms with Crippen LogP contribution in [0.5, 0.6) is 0 Å². The average Bonchev–Trinajstić information content (AvgIpc) is 3.60. The number of piperidine rings is 1. The van der Waals surface area contributed by atoms with Gasteiger partial charge in [-0.1, -0.05) is 23.4 Å². The third kappa shape index (κ3) is 6.91. The largest absolute Gasteiger partial charge is 0.297 e. The van der Waals surface area contributed by atoms with Crippen molar-refractivity contribution >= 4 is 42.8 Å². The minimum absolute atomic E-state index is 0. The zero-order chi connectivity index (χ0) is 24.1. The second-order valence-corrected chi connectivity index (χ2v) is 9.59. The highest BCUT2D eigenvalue weighted by molar-refractivity contribution is 7.81. The molecule has 0 bridgehead atoms. The third-order valence-corrected chi connectivity index (χ3v) is 7.04. The summed E-state index contributed by atoms with van der Waals surface area (Å²) in [5.41, 5.74) is 3.92. The molecular formula is C24H31ClFN5O3S. The number of amides is 1. The van der Waals surface area contributed by atoms with Gasteiger partial charge in [-0.2, -0.15) is 12.6 Å². The van der Waals surface area contributed by atoms with Crippen LogP contribution in [0.4, 0.5) is 4.39 Å². The maximum absolute atomic E-state index is 14.7. The number of aryl methyl sites for hydroxylation is 1. The first-order valence-corrected chi connectivity index (χ1v) is 12.2. The monoisotopic (exact) mass is 523 g/mol. The highest BCUT2D eigenvalue weighted by atomic mass is 35.5. The second kappa shape index (κ2) is 12.6. The predicted octanol–water partition coefficient (Wildman–Crippen LogP) is 3.62. The Labute approximate surface area is 215 Å². The van der Waals surface area contributed by atoms with Crippen LogP contribution in [-0.2, 0) is 16.1 Å². The highest BCUT2D eigenvalue weighted by Gasteiger charge is 2.40. The predicted molar refractivity (Wildman–Crippen MR) is 135 cm³/mol. The lowest BCUT2D eigenvalue weighted by molar-refractivity contribution is -0.129. The molecule has 1 saturated heterocycles. The summed E-state index contributed by atoms with van der Waals surface area (Å²) in [6.45, 7) is 1.75. The van der Waals surface area contributed by atoms with Gasteiger partial charge in [-0.15, -0.1) is 17.5 Å². The Morgan fingerprint density at radius 3 is 2.74 bits per heavy atom. The minimum Gasteiger partial charge on any atom is -0.297 e. The van der Waals surface area contributed by atoms with Gasteiger partial charge in [0.05, 0.1) is 17.9 Å². The molecule has 2 atom stereocenters. The number of carbonyl (C=O) groups excluding carboxylic acids is 2. The fourth-order valence-electron chi connectivity index (χ4n) is 4.42. The van der Waals surface area contributed by atoms with Crippen LogP contribution in [0.25, 0.3) is 6.08 Å². The first-order valence-electron chi connectivity index (χ1n) is 11.7. The number of rotatable bonds is 10. The van der Waals surface area contributed by atoms with E-state index in [1.54, 1.807) is 34.6 Å². The summed E-state index contributed by atoms with van der Waals surface area (Å²) in [6.07, 6.45) is 7.73. The molecule has 4 rings (SSSR count). The van der Waals surface area contributed by atoms with Crippen molar-refractivity contribution in [2.75, 3.05) is 13.1 Å². The number of thiol groups is 1. The lowest BCUT2D eigenvalue weighted by Gasteiger charge is -2.37. The zero-order valence-electron chi connectivity index (χ0n) is 19.3. The number of ketones is 1. The van der Waals surface area contributed by atoms with Gasteiger partial charge in [0.25, 0.3) is 0 Å². The highest BCUT2D eigenvalue weighted by Crippen LogP contribution is 2.39. The van der Waals surface area contributed by atoms with Crippen LogP contribution in [0.15, 0.2) is 36.0 Å². The zero-order valence-corrected chi connectivity index (χ0v) is 21.1. The molecule has 2 N–H and O–H groups in total. The van der Waals surface area contributed by atoms with Crippen LogP contribution in [0.1, 0.15) is 55.8 Å². The molecule has 8 nitrogen and oxygen atoms in total. The summed E-state index contributed by atoms with van der Waals surface area (Å²) < 4.78 is 16.5. The summed E-state index contributed by atoms with van der Waals surface area (Å²) in [7, 11) is 0. The smallest absolute Gasteiger partial charge is 0.243 e. The molecule has 2 fully saturated rings. The number of aromatic nitrogens is 3. The van der Waals surface area contributed by atoms with E-state index in [2.05, 4.69) is 15.2 Å². The number of nitrogens with one attached hydrogen (secondary N) is 1. The number of nitrogens with zero attached hydrogens (tertiary/aromatic N) is 4. The van der Waals surface area contributed by atoms with Crippen LogP contribution in [-0.4, -0.2) is 55.1 Å². The van der Waals surface area contributed by atoms with Gasteiger partial charge in [-0.3, -0.25) is 19.7 Å². The third-order valence-electron chi connectivity index (χ3n) is 6.45. The van der Waals surface area contributed by atoms with Crippen LogP contribution in [0, 0.1) is 11.7 Å². The van der Waals surface area contributed by atoms with Crippen molar-refractivity contribution in [2.45, 2.75) is 56.4 Å². The van der Waals surface area contributed by atoms with Gasteiger partial charge in [-0.05, 0) is 49.8 Å². The van der Waals surface area contributed by atoms with Crippen molar-refractivity contribution in [2.24, 2.45) is 5.92 Å². The van der Waals surface area contributed by atoms with Crippen molar-refractivity contribution in [3.05, 3.63) is 53.1 Å². The van der Waals surface area contributed by atoms with Crippen LogP contribution in [0.2, 0.25) is 0 Å². The van der Waals surface area contributed by atoms with E-state index in [0.717, 1.165) is 30.5 Å². The van der Waals surface area contributed by atoms with Crippen molar-refractivity contribution in [1.82, 2.24) is 25.4 Å². The van der Waals surface area contributed by atoms with Crippen molar-refractivity contribution in [1.29, 1.82) is 0 Å². The summed E-state index contributed by atoms with van der Waals surface area (Å²) >= 11 is 4.77. The molecule has 1 amide bonds. The molecule has 1 aliphatic heterocycles. The first-order chi connectivity index (χ1) is 16.5. The van der Waals surface area contributed by atoms with Crippen LogP contribution < -0.4 is 5.48 Å². The van der Waals surface area contributed by atoms with Gasteiger partial charge in [0.15, 0.2) is 5.78 Å². The molecule has 190 valence electrons. The summed E-state index contributed by atoms with van der Waals surface area (Å²) in [5.74, 6) is -0.645. The van der Waals surface area contributed by atoms with E-state index in [9.17, 15) is 14.0 Å². The number of hydrogen-bond acceptors (Lipinski definition) is 7. The Morgan fingerprint density at radius 1 is 1.26 bits per heavy atom. The number of carbonyl (C=O) groups is 2. The lowest BCUT2D eigenvalue weighted by Crippen LogP contribution is -2.42. The molecule has 1 saturated carbocycles. The molecule has 2 unspecified atom stereocenters. The number of benzene rings is 1. The molecule has 1 aromatic carbocycles. The Bertz CT molecular complexity index is 1060. The Morgan fingerprint density at radius 2 is 2.03 bits per heavy atom. The number of Topliss-reactive ketones (excluding diaryl/α,β-unsaturated/α-hetero) is 1. The molecule has 1 aliphatic carbocycles. The summed E-state index contributed by atoms with van der Waals surface area (Å²) in [4.78, 5) is 26.5. The Kier molecular flexibility index (Phi) is 9.85. The quantitative estimate of drug-likeness (QED) is 0.190. The maximum atomic E-state index is 14.7. The Hall–Kier alpha value is -2.27. The normalized spacial score (nSPS) is 20.3. The molecule has 2 aliphatic rings. The van der Waals surface area contributed by atoms with Gasteiger partial charge >= 0.3 is 0 Å². The SMILES string of the molecule is Cl.O=C(CCCCn1nncc1/C=C1/CN(C(C(=O)C2CC2)c2ccccc2F)CCC1S)NO. The summed E-state index contributed by atoms with van der Waals surface area (Å²) in [6, 6.07) is 5.96. The average molecular weight is 524 g/mol. The number of hydrogen-bond donors (Lipinski definition) is 3. The van der Waals surface area contributed by atoms with Gasteiger partial charge in [0.2, 0.25) is 5.91 Å². The van der Waals surface area contributed by atoms with Crippen molar-refractivity contribution < 1.29 is 19.2 Å². The van der Waals surface area contributed by atoms with Crippen LogP contribution >= 0.6 is 25.0 Å². The van der Waals surface area contributed by atoms with Gasteiger partial charge in [0.1, 0.15) is 5.82 Å². The summed E-state index contributed by atoms with van der Waals surface area (Å²) in [5, 5.41) is 16.8. The van der Waals surface area contributed by atoms with E-state index < -0.39 is 11.9 Å². The van der Waals surface area contributed by atoms with E-state index >= 15 is 0 Å². The van der Waals surface area contributed by atoms with Gasteiger partial charge < -0.3 is 0 Å². The molecule has 11 heteroatoms. The fraction of sp³-hybridized carbons (Fsp3) is 0.500. The molecule has 2 aromatic rings. The van der Waals surface area contributed by atoms with Crippen molar-refractivity contribution in [3.63, 3.8) is 0 Å². The molecule has 2 heterocycles. The van der Waals surface area contributed by atoms with E-state index in [-0.39, 0.29) is 41.6 Å². The van der Waals surface area contributed by atoms with Crippen molar-refractivity contribution in [3.8, 4) is 0 Å². The van der Waals surface area contributed by atoms with E-state index in [1.807, 2.05) is 6.08 Å². The molecular weight excluding hydrogens is 493 g/mol. The number of halogens is 2. The first kappa shape index (κ1) is 27.3. The number of likely N-dealkylation sites (tertiary alicyclic amines) is 1. The second-order valence-electron chi connectivity index (χ2n) is 8.97.